The highest BCUT2D eigenvalue weighted by Crippen LogP contribution is 2.26. The molecule has 1 aliphatic heterocycles. The van der Waals surface area contributed by atoms with Gasteiger partial charge in [0, 0.05) is 23.2 Å². The lowest BCUT2D eigenvalue weighted by atomic mass is 9.99. The Morgan fingerprint density at radius 2 is 2.08 bits per heavy atom. The zero-order chi connectivity index (χ0) is 19.0. The van der Waals surface area contributed by atoms with Gasteiger partial charge in [-0.25, -0.2) is 4.98 Å². The Balaban J connectivity index is 1.92. The number of amides is 1. The van der Waals surface area contributed by atoms with Crippen LogP contribution in [0.3, 0.4) is 0 Å². The number of hydrogen-bond donors (Lipinski definition) is 2. The fourth-order valence-corrected chi connectivity index (χ4v) is 3.32. The molecular formula is C18H20Cl2N4O2. The fraction of sp³-hybridized carbons (Fsp3) is 0.389. The second-order valence-electron chi connectivity index (χ2n) is 6.75. The zero-order valence-electron chi connectivity index (χ0n) is 14.8. The summed E-state index contributed by atoms with van der Waals surface area (Å²) in [7, 11) is 0. The predicted octanol–water partition coefficient (Wildman–Crippen LogP) is 3.48. The highest BCUT2D eigenvalue weighted by molar-refractivity contribution is 6.42. The Morgan fingerprint density at radius 3 is 2.73 bits per heavy atom. The first kappa shape index (κ1) is 18.7. The predicted molar refractivity (Wildman–Crippen MR) is 103 cm³/mol. The number of benzene rings is 1. The molecule has 138 valence electrons. The van der Waals surface area contributed by atoms with Crippen LogP contribution in [0.1, 0.15) is 42.4 Å². The van der Waals surface area contributed by atoms with Gasteiger partial charge in [-0.15, -0.1) is 0 Å². The molecule has 0 saturated carbocycles. The van der Waals surface area contributed by atoms with E-state index in [1.165, 1.54) is 0 Å². The van der Waals surface area contributed by atoms with Crippen molar-refractivity contribution in [2.75, 3.05) is 5.32 Å². The second-order valence-corrected chi connectivity index (χ2v) is 7.57. The molecule has 2 aromatic rings. The van der Waals surface area contributed by atoms with Crippen molar-refractivity contribution in [1.29, 1.82) is 0 Å². The molecule has 0 saturated heterocycles. The first-order valence-corrected chi connectivity index (χ1v) is 9.16. The van der Waals surface area contributed by atoms with Gasteiger partial charge in [0.25, 0.3) is 11.5 Å². The minimum Gasteiger partial charge on any atom is -0.354 e. The van der Waals surface area contributed by atoms with E-state index >= 15 is 0 Å². The summed E-state index contributed by atoms with van der Waals surface area (Å²) in [6, 6.07) is 4.82. The maximum absolute atomic E-state index is 12.9. The van der Waals surface area contributed by atoms with Crippen LogP contribution < -0.4 is 10.9 Å². The van der Waals surface area contributed by atoms with Gasteiger partial charge in [0.2, 0.25) is 5.95 Å². The van der Waals surface area contributed by atoms with Crippen molar-refractivity contribution in [3.63, 3.8) is 0 Å². The van der Waals surface area contributed by atoms with E-state index in [1.807, 2.05) is 20.8 Å². The Kier molecular flexibility index (Phi) is 5.25. The van der Waals surface area contributed by atoms with Gasteiger partial charge in [-0.3, -0.25) is 14.6 Å². The minimum absolute atomic E-state index is 0.128. The van der Waals surface area contributed by atoms with Gasteiger partial charge in [0.05, 0.1) is 22.3 Å². The molecule has 1 aliphatic rings. The maximum Gasteiger partial charge on any atom is 0.255 e. The maximum atomic E-state index is 12.9. The molecule has 26 heavy (non-hydrogen) atoms. The molecule has 6 nitrogen and oxygen atoms in total. The summed E-state index contributed by atoms with van der Waals surface area (Å²) in [6.45, 7) is 6.10. The van der Waals surface area contributed by atoms with Crippen LogP contribution >= 0.6 is 23.2 Å². The number of carbonyl (C=O) groups is 1. The summed E-state index contributed by atoms with van der Waals surface area (Å²) < 4.78 is 0. The molecule has 0 fully saturated rings. The van der Waals surface area contributed by atoms with Gasteiger partial charge in [-0.1, -0.05) is 23.2 Å². The summed E-state index contributed by atoms with van der Waals surface area (Å²) in [6.07, 6.45) is 0.451. The van der Waals surface area contributed by atoms with E-state index in [0.717, 1.165) is 0 Å². The summed E-state index contributed by atoms with van der Waals surface area (Å²) in [5.74, 6) is 0.252. The Bertz CT molecular complexity index is 911. The first-order valence-electron chi connectivity index (χ1n) is 8.41. The quantitative estimate of drug-likeness (QED) is 0.834. The van der Waals surface area contributed by atoms with E-state index in [1.54, 1.807) is 23.1 Å². The van der Waals surface area contributed by atoms with Crippen molar-refractivity contribution in [3.8, 4) is 0 Å². The third-order valence-corrected chi connectivity index (χ3v) is 5.04. The number of rotatable bonds is 3. The van der Waals surface area contributed by atoms with Gasteiger partial charge in [-0.2, -0.15) is 0 Å². The van der Waals surface area contributed by atoms with Crippen molar-refractivity contribution in [1.82, 2.24) is 14.9 Å². The van der Waals surface area contributed by atoms with Crippen LogP contribution in [0.25, 0.3) is 0 Å². The summed E-state index contributed by atoms with van der Waals surface area (Å²) in [5, 5.41) is 3.83. The molecule has 1 aromatic heterocycles. The van der Waals surface area contributed by atoms with Crippen LogP contribution in [0, 0.1) is 0 Å². The second kappa shape index (κ2) is 7.29. The van der Waals surface area contributed by atoms with Crippen molar-refractivity contribution in [3.05, 3.63) is 55.4 Å². The molecule has 3 rings (SSSR count). The number of carbonyl (C=O) groups excluding carboxylic acids is 1. The first-order chi connectivity index (χ1) is 12.3. The monoisotopic (exact) mass is 394 g/mol. The molecule has 8 heteroatoms. The summed E-state index contributed by atoms with van der Waals surface area (Å²) >= 11 is 12.0. The number of hydrogen-bond acceptors (Lipinski definition) is 4. The molecule has 0 unspecified atom stereocenters. The van der Waals surface area contributed by atoms with E-state index in [9.17, 15) is 9.59 Å². The molecular weight excluding hydrogens is 375 g/mol. The molecule has 0 bridgehead atoms. The van der Waals surface area contributed by atoms with Gasteiger partial charge in [0.1, 0.15) is 0 Å². The lowest BCUT2D eigenvalue weighted by molar-refractivity contribution is 0.0653. The number of halogens is 2. The fourth-order valence-electron chi connectivity index (χ4n) is 3.02. The number of nitrogens with zero attached hydrogens (tertiary/aromatic N) is 2. The van der Waals surface area contributed by atoms with Crippen LogP contribution in [0.2, 0.25) is 10.0 Å². The largest absolute Gasteiger partial charge is 0.354 e. The third-order valence-electron chi connectivity index (χ3n) is 4.31. The number of aromatic nitrogens is 2. The van der Waals surface area contributed by atoms with Crippen LogP contribution in [0.5, 0.6) is 0 Å². The molecule has 0 aliphatic carbocycles. The average molecular weight is 395 g/mol. The highest BCUT2D eigenvalue weighted by atomic mass is 35.5. The van der Waals surface area contributed by atoms with Gasteiger partial charge in [-0.05, 0) is 45.4 Å². The van der Waals surface area contributed by atoms with Gasteiger partial charge < -0.3 is 10.2 Å². The molecule has 2 N–H and O–H groups in total. The lowest BCUT2D eigenvalue weighted by Crippen LogP contribution is -2.45. The molecule has 0 spiro atoms. The smallest absolute Gasteiger partial charge is 0.255 e. The normalized spacial score (nSPS) is 16.5. The summed E-state index contributed by atoms with van der Waals surface area (Å²) in [4.78, 5) is 34.3. The summed E-state index contributed by atoms with van der Waals surface area (Å²) in [5.41, 5.74) is 1.54. The number of H-pyrrole nitrogens is 1. The minimum atomic E-state index is -0.165. The number of nitrogens with one attached hydrogen (secondary N) is 2. The van der Waals surface area contributed by atoms with Crippen LogP contribution in [-0.2, 0) is 13.0 Å². The highest BCUT2D eigenvalue weighted by Gasteiger charge is 2.30. The lowest BCUT2D eigenvalue weighted by Gasteiger charge is -2.34. The number of fused-ring (bicyclic) bond motifs is 1. The van der Waals surface area contributed by atoms with Crippen molar-refractivity contribution in [2.45, 2.75) is 45.8 Å². The van der Waals surface area contributed by atoms with E-state index < -0.39 is 0 Å². The van der Waals surface area contributed by atoms with E-state index in [0.29, 0.717) is 39.2 Å². The topological polar surface area (TPSA) is 78.1 Å². The van der Waals surface area contributed by atoms with Crippen LogP contribution in [0.4, 0.5) is 5.95 Å². The van der Waals surface area contributed by atoms with E-state index in [-0.39, 0.29) is 30.1 Å². The molecule has 2 heterocycles. The average Bonchev–Trinajstić information content (AvgIpc) is 2.56. The Labute approximate surface area is 161 Å². The standard InChI is InChI=1S/C18H20Cl2N4O2/c1-9(2)21-18-22-15-8-24(10(3)6-12(15)16(25)23-18)17(26)11-4-5-13(19)14(20)7-11/h4-5,7,9-10H,6,8H2,1-3H3,(H2,21,22,23,25)/t10-/m1/s1. The van der Waals surface area contributed by atoms with Crippen molar-refractivity contribution in [2.24, 2.45) is 0 Å². The van der Waals surface area contributed by atoms with Crippen LogP contribution in [0.15, 0.2) is 23.0 Å². The zero-order valence-corrected chi connectivity index (χ0v) is 16.3. The number of aromatic amines is 1. The molecule has 1 atom stereocenters. The molecule has 1 amide bonds. The van der Waals surface area contributed by atoms with Crippen molar-refractivity contribution >= 4 is 35.1 Å². The van der Waals surface area contributed by atoms with Gasteiger partial charge >= 0.3 is 0 Å². The SMILES string of the molecule is CC(C)Nc1nc2c(c(=O)[nH]1)C[C@@H](C)N(C(=O)c1ccc(Cl)c(Cl)c1)C2. The number of anilines is 1. The van der Waals surface area contributed by atoms with Crippen molar-refractivity contribution < 1.29 is 4.79 Å². The molecule has 0 radical (unpaired) electrons. The Morgan fingerprint density at radius 1 is 1.35 bits per heavy atom. The van der Waals surface area contributed by atoms with E-state index in [4.69, 9.17) is 23.2 Å². The van der Waals surface area contributed by atoms with E-state index in [2.05, 4.69) is 15.3 Å². The van der Waals surface area contributed by atoms with Gasteiger partial charge in [0.15, 0.2) is 0 Å². The Hall–Kier alpha value is -2.05. The third kappa shape index (κ3) is 3.71. The molecule has 1 aromatic carbocycles. The van der Waals surface area contributed by atoms with Crippen LogP contribution in [-0.4, -0.2) is 32.9 Å².